The van der Waals surface area contributed by atoms with Crippen LogP contribution in [0.1, 0.15) is 58.1 Å². The Labute approximate surface area is 258 Å². The third kappa shape index (κ3) is 6.19. The van der Waals surface area contributed by atoms with Crippen molar-refractivity contribution in [3.63, 3.8) is 0 Å². The first kappa shape index (κ1) is 29.4. The van der Waals surface area contributed by atoms with Gasteiger partial charge >= 0.3 is 11.7 Å². The number of anilines is 2. The van der Waals surface area contributed by atoms with E-state index in [9.17, 15) is 19.2 Å². The fourth-order valence-corrected chi connectivity index (χ4v) is 5.74. The second-order valence-electron chi connectivity index (χ2n) is 10.1. The summed E-state index contributed by atoms with van der Waals surface area (Å²) in [6.07, 6.45) is 7.21. The number of hydrogen-bond acceptors (Lipinski definition) is 11. The van der Waals surface area contributed by atoms with Crippen molar-refractivity contribution in [2.45, 2.75) is 32.6 Å². The molecule has 0 aliphatic heterocycles. The maximum absolute atomic E-state index is 13.4. The van der Waals surface area contributed by atoms with Gasteiger partial charge in [0.15, 0.2) is 16.8 Å². The van der Waals surface area contributed by atoms with Gasteiger partial charge in [-0.3, -0.25) is 23.9 Å². The third-order valence-electron chi connectivity index (χ3n) is 7.05. The van der Waals surface area contributed by atoms with E-state index in [1.165, 1.54) is 23.0 Å². The molecule has 6 rings (SSSR count). The number of aliphatic carboxylic acids is 1. The van der Waals surface area contributed by atoms with Gasteiger partial charge in [0.1, 0.15) is 5.82 Å². The molecule has 1 aliphatic carbocycles. The van der Waals surface area contributed by atoms with E-state index in [-0.39, 0.29) is 35.4 Å². The summed E-state index contributed by atoms with van der Waals surface area (Å²) in [5, 5.41) is 16.1. The quantitative estimate of drug-likeness (QED) is 0.184. The molecular weight excluding hydrogens is 600 g/mol. The normalized spacial score (nSPS) is 13.5. The smallest absolute Gasteiger partial charge is 0.334 e. The Bertz CT molecular complexity index is 2090. The minimum atomic E-state index is -1.02. The maximum atomic E-state index is 13.4. The van der Waals surface area contributed by atoms with Crippen LogP contribution >= 0.6 is 11.3 Å². The Kier molecular flexibility index (Phi) is 7.91. The van der Waals surface area contributed by atoms with Gasteiger partial charge in [0.25, 0.3) is 5.56 Å². The lowest BCUT2D eigenvalue weighted by atomic mass is 9.86. The molecule has 4 aromatic heterocycles. The number of nitrogens with zero attached hydrogens (tertiary/aromatic N) is 5. The topological polar surface area (TPSA) is 198 Å². The van der Waals surface area contributed by atoms with Crippen molar-refractivity contribution in [3.8, 4) is 5.82 Å². The molecule has 1 aromatic carbocycles. The van der Waals surface area contributed by atoms with Crippen LogP contribution in [0.4, 0.5) is 11.1 Å². The number of aryl methyl sites for hydroxylation is 2. The van der Waals surface area contributed by atoms with Crippen molar-refractivity contribution >= 4 is 46.4 Å². The van der Waals surface area contributed by atoms with Crippen LogP contribution in [-0.4, -0.2) is 53.0 Å². The number of aromatic nitrogens is 6. The molecule has 1 atom stereocenters. The minimum absolute atomic E-state index is 0.0542. The molecule has 0 saturated carbocycles. The molecule has 45 heavy (non-hydrogen) atoms. The van der Waals surface area contributed by atoms with Gasteiger partial charge in [0.2, 0.25) is 11.9 Å². The first-order valence-corrected chi connectivity index (χ1v) is 14.7. The number of H-pyrrole nitrogens is 1. The van der Waals surface area contributed by atoms with E-state index < -0.39 is 29.0 Å². The standard InChI is InChI=1S/C30H26N8O6S/c1-3-16-4-6-19-17(10-16)5-7-21-26(33-15(2)44-21)25(19)20-13-38(30(43)37-27(20)42)22-8-9-31-28(35-22)32-12-23(39)36-29-34-18(14-45-29)11-24(40)41/h4-10,13-14,25H,3,11-12H2,1-2H3,(H,40,41)(H,31,32,35)(H,34,36,39)(H,37,42,43). The Morgan fingerprint density at radius 2 is 1.98 bits per heavy atom. The Hall–Kier alpha value is -5.70. The van der Waals surface area contributed by atoms with E-state index >= 15 is 0 Å². The zero-order valence-corrected chi connectivity index (χ0v) is 24.8. The predicted octanol–water partition coefficient (Wildman–Crippen LogP) is 2.97. The van der Waals surface area contributed by atoms with E-state index in [0.29, 0.717) is 23.0 Å². The van der Waals surface area contributed by atoms with Gasteiger partial charge in [-0.15, -0.1) is 11.3 Å². The highest BCUT2D eigenvalue weighted by atomic mass is 32.1. The van der Waals surface area contributed by atoms with Crippen LogP contribution in [0.2, 0.25) is 0 Å². The number of carboxylic acid groups (broad SMARTS) is 1. The molecule has 1 amide bonds. The van der Waals surface area contributed by atoms with Gasteiger partial charge in [-0.2, -0.15) is 4.98 Å². The van der Waals surface area contributed by atoms with E-state index in [2.05, 4.69) is 48.5 Å². The fraction of sp³-hybridized carbons (Fsp3) is 0.200. The lowest BCUT2D eigenvalue weighted by Crippen LogP contribution is -2.33. The van der Waals surface area contributed by atoms with Gasteiger partial charge < -0.3 is 20.2 Å². The van der Waals surface area contributed by atoms with Crippen molar-refractivity contribution in [1.29, 1.82) is 0 Å². The number of aromatic amines is 1. The van der Waals surface area contributed by atoms with Crippen LogP contribution in [0.25, 0.3) is 18.0 Å². The highest BCUT2D eigenvalue weighted by Crippen LogP contribution is 2.38. The van der Waals surface area contributed by atoms with Crippen LogP contribution < -0.4 is 21.9 Å². The SMILES string of the molecule is CCc1ccc2c(c1)C=Cc1oc(C)nc1C2c1cn(-c2ccnc(NCC(=O)Nc3nc(CC(=O)O)cs3)n2)c(=O)[nH]c1=O. The lowest BCUT2D eigenvalue weighted by Gasteiger charge is -2.18. The molecule has 0 spiro atoms. The predicted molar refractivity (Wildman–Crippen MR) is 166 cm³/mol. The first-order chi connectivity index (χ1) is 21.7. The van der Waals surface area contributed by atoms with Gasteiger partial charge in [0, 0.05) is 36.3 Å². The average molecular weight is 627 g/mol. The number of fused-ring (bicyclic) bond motifs is 2. The molecule has 1 unspecified atom stereocenters. The van der Waals surface area contributed by atoms with E-state index in [0.717, 1.165) is 34.4 Å². The van der Waals surface area contributed by atoms with Crippen molar-refractivity contribution in [1.82, 2.24) is 29.5 Å². The molecule has 0 radical (unpaired) electrons. The summed E-state index contributed by atoms with van der Waals surface area (Å²) < 4.78 is 7.06. The Morgan fingerprint density at radius 1 is 1.13 bits per heavy atom. The number of benzene rings is 1. The van der Waals surface area contributed by atoms with Crippen LogP contribution in [0.5, 0.6) is 0 Å². The van der Waals surface area contributed by atoms with Crippen molar-refractivity contribution < 1.29 is 19.1 Å². The van der Waals surface area contributed by atoms with E-state index in [1.54, 1.807) is 12.3 Å². The zero-order valence-electron chi connectivity index (χ0n) is 24.0. The molecule has 4 heterocycles. The Balaban J connectivity index is 1.30. The summed E-state index contributed by atoms with van der Waals surface area (Å²) in [4.78, 5) is 69.3. The molecule has 15 heteroatoms. The molecule has 0 bridgehead atoms. The number of hydrogen-bond donors (Lipinski definition) is 4. The fourth-order valence-electron chi connectivity index (χ4n) is 5.02. The number of nitrogens with one attached hydrogen (secondary N) is 3. The van der Waals surface area contributed by atoms with Gasteiger partial charge in [-0.1, -0.05) is 31.2 Å². The zero-order chi connectivity index (χ0) is 31.7. The van der Waals surface area contributed by atoms with Gasteiger partial charge in [-0.05, 0) is 29.2 Å². The van der Waals surface area contributed by atoms with E-state index in [1.807, 2.05) is 24.3 Å². The largest absolute Gasteiger partial charge is 0.481 e. The van der Waals surface area contributed by atoms with Gasteiger partial charge in [0.05, 0.1) is 30.3 Å². The number of amides is 1. The molecule has 0 saturated heterocycles. The third-order valence-corrected chi connectivity index (χ3v) is 7.86. The summed E-state index contributed by atoms with van der Waals surface area (Å²) in [6.45, 7) is 3.56. The van der Waals surface area contributed by atoms with Crippen molar-refractivity contribution in [2.24, 2.45) is 0 Å². The summed E-state index contributed by atoms with van der Waals surface area (Å²) >= 11 is 1.11. The number of carbonyl (C=O) groups is 2. The van der Waals surface area contributed by atoms with Crippen molar-refractivity contribution in [3.05, 3.63) is 108 Å². The Morgan fingerprint density at radius 3 is 2.78 bits per heavy atom. The number of carboxylic acids is 1. The maximum Gasteiger partial charge on any atom is 0.334 e. The molecular formula is C30H26N8O6S. The second kappa shape index (κ2) is 12.1. The minimum Gasteiger partial charge on any atom is -0.481 e. The van der Waals surface area contributed by atoms with Gasteiger partial charge in [-0.25, -0.2) is 19.7 Å². The summed E-state index contributed by atoms with van der Waals surface area (Å²) in [5.74, 6) is -0.962. The second-order valence-corrected chi connectivity index (χ2v) is 11.0. The number of carbonyl (C=O) groups excluding carboxylic acids is 1. The molecule has 4 N–H and O–H groups in total. The number of oxazole rings is 1. The summed E-state index contributed by atoms with van der Waals surface area (Å²) in [7, 11) is 0. The van der Waals surface area contributed by atoms with Crippen LogP contribution in [0.15, 0.2) is 56.0 Å². The number of thiazole rings is 1. The molecule has 0 fully saturated rings. The molecule has 228 valence electrons. The summed E-state index contributed by atoms with van der Waals surface area (Å²) in [5.41, 5.74) is 2.73. The highest BCUT2D eigenvalue weighted by molar-refractivity contribution is 7.13. The van der Waals surface area contributed by atoms with Crippen LogP contribution in [0, 0.1) is 6.92 Å². The lowest BCUT2D eigenvalue weighted by molar-refractivity contribution is -0.136. The monoisotopic (exact) mass is 626 g/mol. The van der Waals surface area contributed by atoms with Crippen molar-refractivity contribution in [2.75, 3.05) is 17.2 Å². The van der Waals surface area contributed by atoms with Crippen LogP contribution in [-0.2, 0) is 22.4 Å². The molecule has 1 aliphatic rings. The highest BCUT2D eigenvalue weighted by Gasteiger charge is 2.30. The first-order valence-electron chi connectivity index (χ1n) is 13.9. The molecule has 5 aromatic rings. The average Bonchev–Trinajstić information content (AvgIpc) is 3.57. The number of rotatable bonds is 9. The molecule has 14 nitrogen and oxygen atoms in total. The summed E-state index contributed by atoms with van der Waals surface area (Å²) in [6, 6.07) is 7.53. The van der Waals surface area contributed by atoms with E-state index in [4.69, 9.17) is 9.52 Å². The van der Waals surface area contributed by atoms with Crippen LogP contribution in [0.3, 0.4) is 0 Å².